The molecule has 4 rings (SSSR count). The number of hydrogen-bond donors (Lipinski definition) is 1. The average molecular weight is 281 g/mol. The first-order valence-electron chi connectivity index (χ1n) is 7.61. The van der Waals surface area contributed by atoms with E-state index in [2.05, 4.69) is 17.2 Å². The number of nitrogens with zero attached hydrogens (tertiary/aromatic N) is 2. The molecule has 0 radical (unpaired) electrons. The maximum Gasteiger partial charge on any atom is 0.256 e. The Hall–Kier alpha value is -1.94. The Morgan fingerprint density at radius 2 is 2.14 bits per heavy atom. The highest BCUT2D eigenvalue weighted by Gasteiger charge is 2.44. The van der Waals surface area contributed by atoms with E-state index in [0.29, 0.717) is 17.9 Å². The lowest BCUT2D eigenvalue weighted by Crippen LogP contribution is -2.38. The Bertz CT molecular complexity index is 694. The molecule has 0 spiro atoms. The minimum Gasteiger partial charge on any atom is -0.335 e. The zero-order chi connectivity index (χ0) is 14.4. The van der Waals surface area contributed by atoms with Crippen molar-refractivity contribution in [1.29, 1.82) is 0 Å². The fraction of sp³-hybridized carbons (Fsp3) is 0.412. The molecule has 1 aromatic heterocycles. The van der Waals surface area contributed by atoms with Crippen LogP contribution in [0.3, 0.4) is 0 Å². The summed E-state index contributed by atoms with van der Waals surface area (Å²) in [5.41, 5.74) is 1.54. The van der Waals surface area contributed by atoms with Gasteiger partial charge in [0.2, 0.25) is 0 Å². The molecule has 2 aliphatic heterocycles. The van der Waals surface area contributed by atoms with Gasteiger partial charge < -0.3 is 10.2 Å². The van der Waals surface area contributed by atoms with Crippen molar-refractivity contribution in [2.45, 2.75) is 13.0 Å². The molecule has 1 N–H and O–H groups in total. The van der Waals surface area contributed by atoms with E-state index >= 15 is 0 Å². The summed E-state index contributed by atoms with van der Waals surface area (Å²) in [4.78, 5) is 19.4. The van der Waals surface area contributed by atoms with Crippen LogP contribution in [0.5, 0.6) is 0 Å². The number of rotatable bonds is 1. The number of nitrogens with one attached hydrogen (secondary N) is 1. The van der Waals surface area contributed by atoms with Crippen molar-refractivity contribution in [2.24, 2.45) is 11.8 Å². The first-order valence-corrected chi connectivity index (χ1v) is 7.61. The van der Waals surface area contributed by atoms with Crippen molar-refractivity contribution >= 4 is 16.8 Å². The average Bonchev–Trinajstić information content (AvgIpc) is 3.09. The van der Waals surface area contributed by atoms with Gasteiger partial charge in [0.25, 0.3) is 5.91 Å². The molecule has 2 fully saturated rings. The molecule has 1 amide bonds. The summed E-state index contributed by atoms with van der Waals surface area (Å²) in [6, 6.07) is 10.1. The summed E-state index contributed by atoms with van der Waals surface area (Å²) < 4.78 is 0. The second kappa shape index (κ2) is 4.81. The van der Waals surface area contributed by atoms with E-state index < -0.39 is 0 Å². The van der Waals surface area contributed by atoms with Crippen LogP contribution in [0, 0.1) is 11.8 Å². The van der Waals surface area contributed by atoms with Crippen molar-refractivity contribution in [1.82, 2.24) is 15.2 Å². The van der Waals surface area contributed by atoms with Crippen LogP contribution in [0.15, 0.2) is 36.5 Å². The molecule has 0 aliphatic carbocycles. The fourth-order valence-corrected chi connectivity index (χ4v) is 3.87. The highest BCUT2D eigenvalue weighted by Crippen LogP contribution is 2.33. The molecule has 2 aromatic rings. The lowest BCUT2D eigenvalue weighted by atomic mass is 9.95. The minimum absolute atomic E-state index is 0.126. The molecule has 3 unspecified atom stereocenters. The summed E-state index contributed by atoms with van der Waals surface area (Å²) in [5, 5.41) is 4.46. The van der Waals surface area contributed by atoms with Crippen LogP contribution < -0.4 is 5.32 Å². The van der Waals surface area contributed by atoms with E-state index in [1.807, 2.05) is 35.2 Å². The van der Waals surface area contributed by atoms with E-state index in [0.717, 1.165) is 36.1 Å². The van der Waals surface area contributed by atoms with Gasteiger partial charge in [-0.15, -0.1) is 0 Å². The summed E-state index contributed by atoms with van der Waals surface area (Å²) in [7, 11) is 0. The highest BCUT2D eigenvalue weighted by atomic mass is 16.2. The molecule has 4 heteroatoms. The quantitative estimate of drug-likeness (QED) is 0.868. The number of pyridine rings is 1. The number of carbonyl (C=O) groups excluding carboxylic acids is 1. The van der Waals surface area contributed by atoms with Gasteiger partial charge >= 0.3 is 0 Å². The van der Waals surface area contributed by atoms with Crippen molar-refractivity contribution in [2.75, 3.05) is 19.6 Å². The minimum atomic E-state index is 0.126. The number of likely N-dealkylation sites (tertiary alicyclic amines) is 1. The normalized spacial score (nSPS) is 28.0. The summed E-state index contributed by atoms with van der Waals surface area (Å²) in [6.45, 7) is 5.10. The Kier molecular flexibility index (Phi) is 2.93. The molecule has 2 aliphatic rings. The lowest BCUT2D eigenvalue weighted by molar-refractivity contribution is 0.0730. The van der Waals surface area contributed by atoms with Crippen LogP contribution in [0.25, 0.3) is 10.9 Å². The van der Waals surface area contributed by atoms with E-state index in [1.165, 1.54) is 0 Å². The number of benzene rings is 1. The van der Waals surface area contributed by atoms with E-state index in [1.54, 1.807) is 6.20 Å². The molecular formula is C17H19N3O. The topological polar surface area (TPSA) is 45.2 Å². The zero-order valence-electron chi connectivity index (χ0n) is 12.1. The van der Waals surface area contributed by atoms with Crippen molar-refractivity contribution < 1.29 is 4.79 Å². The third-order valence-corrected chi connectivity index (χ3v) is 5.06. The van der Waals surface area contributed by atoms with E-state index in [-0.39, 0.29) is 5.91 Å². The highest BCUT2D eigenvalue weighted by molar-refractivity contribution is 6.05. The van der Waals surface area contributed by atoms with E-state index in [4.69, 9.17) is 0 Å². The Balaban J connectivity index is 1.71. The number of hydrogen-bond acceptors (Lipinski definition) is 3. The Morgan fingerprint density at radius 3 is 3.00 bits per heavy atom. The molecular weight excluding hydrogens is 262 g/mol. The molecule has 3 atom stereocenters. The Morgan fingerprint density at radius 1 is 1.29 bits per heavy atom. The van der Waals surface area contributed by atoms with Gasteiger partial charge in [0.1, 0.15) is 0 Å². The number of para-hydroxylation sites is 1. The van der Waals surface area contributed by atoms with Gasteiger partial charge in [-0.2, -0.15) is 0 Å². The molecule has 1 aromatic carbocycles. The van der Waals surface area contributed by atoms with E-state index in [9.17, 15) is 4.79 Å². The van der Waals surface area contributed by atoms with Gasteiger partial charge in [-0.25, -0.2) is 0 Å². The second-order valence-electron chi connectivity index (χ2n) is 6.16. The molecule has 2 saturated heterocycles. The fourth-order valence-electron chi connectivity index (χ4n) is 3.87. The predicted molar refractivity (Wildman–Crippen MR) is 82.1 cm³/mol. The molecule has 0 bridgehead atoms. The first-order chi connectivity index (χ1) is 10.3. The van der Waals surface area contributed by atoms with Gasteiger partial charge in [-0.3, -0.25) is 9.78 Å². The first kappa shape index (κ1) is 12.8. The molecule has 4 nitrogen and oxygen atoms in total. The number of fused-ring (bicyclic) bond motifs is 2. The number of aromatic nitrogens is 1. The standard InChI is InChI=1S/C17H19N3O/c1-11-15-9-18-8-13(15)10-20(11)17(21)14-6-2-4-12-5-3-7-19-16(12)14/h2-7,11,13,15,18H,8-10H2,1H3. The van der Waals surface area contributed by atoms with Gasteiger partial charge in [0.05, 0.1) is 11.1 Å². The van der Waals surface area contributed by atoms with Crippen LogP contribution in [-0.4, -0.2) is 41.5 Å². The number of carbonyl (C=O) groups is 1. The molecule has 3 heterocycles. The summed E-state index contributed by atoms with van der Waals surface area (Å²) in [6.07, 6.45) is 1.76. The van der Waals surface area contributed by atoms with Crippen LogP contribution in [0.1, 0.15) is 17.3 Å². The third kappa shape index (κ3) is 1.94. The zero-order valence-corrected chi connectivity index (χ0v) is 12.1. The molecule has 108 valence electrons. The molecule has 21 heavy (non-hydrogen) atoms. The van der Waals surface area contributed by atoms with Gasteiger partial charge in [0.15, 0.2) is 0 Å². The van der Waals surface area contributed by atoms with Gasteiger partial charge in [-0.05, 0) is 30.9 Å². The number of amides is 1. The van der Waals surface area contributed by atoms with Crippen LogP contribution in [0.2, 0.25) is 0 Å². The van der Waals surface area contributed by atoms with Crippen molar-refractivity contribution in [3.05, 3.63) is 42.1 Å². The van der Waals surface area contributed by atoms with Gasteiger partial charge in [0, 0.05) is 37.3 Å². The Labute approximate surface area is 124 Å². The second-order valence-corrected chi connectivity index (χ2v) is 6.16. The lowest BCUT2D eigenvalue weighted by Gasteiger charge is -2.25. The SMILES string of the molecule is CC1C2CNCC2CN1C(=O)c1cccc2cccnc12. The monoisotopic (exact) mass is 281 g/mol. The van der Waals surface area contributed by atoms with Crippen LogP contribution in [0.4, 0.5) is 0 Å². The van der Waals surface area contributed by atoms with Crippen LogP contribution >= 0.6 is 0 Å². The van der Waals surface area contributed by atoms with Gasteiger partial charge in [-0.1, -0.05) is 18.2 Å². The van der Waals surface area contributed by atoms with Crippen molar-refractivity contribution in [3.63, 3.8) is 0 Å². The summed E-state index contributed by atoms with van der Waals surface area (Å²) >= 11 is 0. The van der Waals surface area contributed by atoms with Crippen LogP contribution in [-0.2, 0) is 0 Å². The summed E-state index contributed by atoms with van der Waals surface area (Å²) in [5.74, 6) is 1.32. The predicted octanol–water partition coefficient (Wildman–Crippen LogP) is 1.91. The smallest absolute Gasteiger partial charge is 0.256 e. The maximum atomic E-state index is 13.0. The maximum absolute atomic E-state index is 13.0. The molecule has 0 saturated carbocycles. The van der Waals surface area contributed by atoms with Crippen molar-refractivity contribution in [3.8, 4) is 0 Å². The third-order valence-electron chi connectivity index (χ3n) is 5.06. The largest absolute Gasteiger partial charge is 0.335 e.